The number of rotatable bonds is 9. The summed E-state index contributed by atoms with van der Waals surface area (Å²) in [7, 11) is 1.33. The summed E-state index contributed by atoms with van der Waals surface area (Å²) in [6.07, 6.45) is 0. The first-order chi connectivity index (χ1) is 14.7. The van der Waals surface area contributed by atoms with Gasteiger partial charge in [0.15, 0.2) is 0 Å². The molecule has 2 rings (SSSR count). The Morgan fingerprint density at radius 1 is 1.31 bits per heavy atom. The second kappa shape index (κ2) is 10.3. The summed E-state index contributed by atoms with van der Waals surface area (Å²) in [6, 6.07) is 7.99. The molecule has 0 bridgehead atoms. The molecule has 2 N–H and O–H groups in total. The molecule has 0 amide bonds. The molecule has 32 heavy (non-hydrogen) atoms. The lowest BCUT2D eigenvalue weighted by atomic mass is 9.83. The number of thiol groups is 1. The number of nitrogens with zero attached hydrogens (tertiary/aromatic N) is 1. The number of esters is 1. The van der Waals surface area contributed by atoms with Gasteiger partial charge in [-0.15, -0.1) is 0 Å². The number of ether oxygens (including phenoxy) is 1. The number of benzene rings is 2. The number of hydrogen-bond acceptors (Lipinski definition) is 7. The predicted octanol–water partition coefficient (Wildman–Crippen LogP) is 4.82. The molecule has 0 fully saturated rings. The van der Waals surface area contributed by atoms with Gasteiger partial charge >= 0.3 is 13.5 Å². The Labute approximate surface area is 199 Å². The summed E-state index contributed by atoms with van der Waals surface area (Å²) in [5.41, 5.74) is 3.57. The summed E-state index contributed by atoms with van der Waals surface area (Å²) in [5.74, 6) is -1.08. The normalized spacial score (nSPS) is 11.8. The first kappa shape index (κ1) is 26.3. The molecule has 173 valence electrons. The molecule has 0 atom stereocenters. The Hall–Kier alpha value is -1.94. The second-order valence-corrected chi connectivity index (χ2v) is 9.97. The van der Waals surface area contributed by atoms with Crippen LogP contribution in [0.1, 0.15) is 45.7 Å². The zero-order chi connectivity index (χ0) is 24.3. The monoisotopic (exact) mass is 481 g/mol. The first-order valence-corrected chi connectivity index (χ1v) is 10.8. The number of halogens is 2. The Morgan fingerprint density at radius 3 is 2.56 bits per heavy atom. The van der Waals surface area contributed by atoms with Crippen LogP contribution in [0.3, 0.4) is 0 Å². The summed E-state index contributed by atoms with van der Waals surface area (Å²) in [5, 5.41) is 11.4. The summed E-state index contributed by atoms with van der Waals surface area (Å²) >= 11 is 10.9. The van der Waals surface area contributed by atoms with Crippen LogP contribution < -0.4 is 16.1 Å². The van der Waals surface area contributed by atoms with E-state index in [1.807, 2.05) is 27.7 Å². The molecule has 0 aliphatic rings. The minimum Gasteiger partial charge on any atom is -0.461 e. The van der Waals surface area contributed by atoms with Crippen LogP contribution in [-0.2, 0) is 20.8 Å². The van der Waals surface area contributed by atoms with E-state index in [9.17, 15) is 10.0 Å². The number of nitrogens with one attached hydrogen (secondary N) is 1. The van der Waals surface area contributed by atoms with E-state index in [0.29, 0.717) is 10.7 Å². The number of anilines is 2. The van der Waals surface area contributed by atoms with E-state index >= 15 is 4.39 Å². The van der Waals surface area contributed by atoms with Gasteiger partial charge in [-0.05, 0) is 57.8 Å². The third kappa shape index (κ3) is 6.54. The lowest BCUT2D eigenvalue weighted by molar-refractivity contribution is -0.142. The van der Waals surface area contributed by atoms with Crippen molar-refractivity contribution in [1.82, 2.24) is 0 Å². The number of hydrogen-bond donors (Lipinski definition) is 3. The number of carbonyl (C=O) groups excluding carboxylic acids is 1. The second-order valence-electron chi connectivity index (χ2n) is 8.47. The van der Waals surface area contributed by atoms with Crippen LogP contribution in [-0.4, -0.2) is 29.0 Å². The van der Waals surface area contributed by atoms with Crippen LogP contribution in [0.25, 0.3) is 0 Å². The maximum Gasteiger partial charge on any atom is 0.333 e. The molecule has 10 heteroatoms. The number of aryl methyl sites for hydroxylation is 1. The highest BCUT2D eigenvalue weighted by Crippen LogP contribution is 2.32. The van der Waals surface area contributed by atoms with E-state index in [4.69, 9.17) is 21.0 Å². The Morgan fingerprint density at radius 2 is 1.97 bits per heavy atom. The molecule has 0 aliphatic heterocycles. The Kier molecular flexibility index (Phi) is 8.50. The summed E-state index contributed by atoms with van der Waals surface area (Å²) in [4.78, 5) is 11.1. The van der Waals surface area contributed by atoms with Gasteiger partial charge in [-0.1, -0.05) is 29.8 Å². The number of hydrazine groups is 1. The van der Waals surface area contributed by atoms with Crippen LogP contribution in [0, 0.1) is 12.7 Å². The van der Waals surface area contributed by atoms with Gasteiger partial charge in [0, 0.05) is 17.2 Å². The molecule has 0 aromatic heterocycles. The minimum atomic E-state index is -0.664. The van der Waals surface area contributed by atoms with Crippen LogP contribution >= 0.6 is 24.2 Å². The van der Waals surface area contributed by atoms with Gasteiger partial charge in [-0.25, -0.2) is 4.39 Å². The zero-order valence-electron chi connectivity index (χ0n) is 19.0. The molecule has 2 aromatic carbocycles. The van der Waals surface area contributed by atoms with E-state index in [1.165, 1.54) is 20.5 Å². The van der Waals surface area contributed by atoms with Crippen molar-refractivity contribution in [3.05, 3.63) is 52.3 Å². The fourth-order valence-electron chi connectivity index (χ4n) is 2.52. The van der Waals surface area contributed by atoms with Crippen molar-refractivity contribution in [3.63, 3.8) is 0 Å². The van der Waals surface area contributed by atoms with Gasteiger partial charge in [0.1, 0.15) is 18.1 Å². The van der Waals surface area contributed by atoms with Gasteiger partial charge in [0.05, 0.1) is 16.3 Å². The molecular formula is C22H28BClFN2O4S. The molecular weight excluding hydrogens is 454 g/mol. The van der Waals surface area contributed by atoms with Crippen LogP contribution in [0.15, 0.2) is 30.3 Å². The predicted molar refractivity (Wildman–Crippen MR) is 130 cm³/mol. The van der Waals surface area contributed by atoms with Crippen molar-refractivity contribution in [2.45, 2.75) is 58.5 Å². The van der Waals surface area contributed by atoms with Gasteiger partial charge in [-0.3, -0.25) is 15.4 Å². The molecule has 0 heterocycles. The average molecular weight is 482 g/mol. The van der Waals surface area contributed by atoms with Crippen molar-refractivity contribution in [2.75, 3.05) is 10.6 Å². The molecule has 0 saturated heterocycles. The highest BCUT2D eigenvalue weighted by atomic mass is 35.5. The van der Waals surface area contributed by atoms with Gasteiger partial charge in [-0.2, -0.15) is 17.8 Å². The maximum atomic E-state index is 15.1. The lowest BCUT2D eigenvalue weighted by Crippen LogP contribution is -2.46. The van der Waals surface area contributed by atoms with E-state index in [1.54, 1.807) is 31.2 Å². The zero-order valence-corrected chi connectivity index (χ0v) is 20.6. The Balaban J connectivity index is 2.23. The SMILES string of the molecule is CC(=O)OCc1cc(C)cc(N(O)Nc2cccc([B]OC(C)(C)C(C)(C)S)c2F)c1Cl. The third-order valence-electron chi connectivity index (χ3n) is 5.14. The quantitative estimate of drug-likeness (QED) is 0.206. The fraction of sp³-hybridized carbons (Fsp3) is 0.409. The average Bonchev–Trinajstić information content (AvgIpc) is 2.68. The molecule has 1 radical (unpaired) electrons. The molecule has 0 unspecified atom stereocenters. The maximum absolute atomic E-state index is 15.1. The van der Waals surface area contributed by atoms with Gasteiger partial charge < -0.3 is 9.39 Å². The van der Waals surface area contributed by atoms with E-state index in [-0.39, 0.29) is 28.5 Å². The Bertz CT molecular complexity index is 985. The van der Waals surface area contributed by atoms with E-state index in [0.717, 1.165) is 5.56 Å². The molecule has 2 aromatic rings. The summed E-state index contributed by atoms with van der Waals surface area (Å²) in [6.45, 7) is 10.6. The van der Waals surface area contributed by atoms with Crippen molar-refractivity contribution >= 4 is 54.5 Å². The highest BCUT2D eigenvalue weighted by molar-refractivity contribution is 7.81. The van der Waals surface area contributed by atoms with E-state index in [2.05, 4.69) is 18.1 Å². The van der Waals surface area contributed by atoms with Crippen LogP contribution in [0.2, 0.25) is 5.02 Å². The van der Waals surface area contributed by atoms with Gasteiger partial charge in [0.25, 0.3) is 0 Å². The third-order valence-corrected chi connectivity index (χ3v) is 6.12. The van der Waals surface area contributed by atoms with Crippen molar-refractivity contribution < 1.29 is 23.8 Å². The lowest BCUT2D eigenvalue weighted by Gasteiger charge is -2.38. The van der Waals surface area contributed by atoms with E-state index < -0.39 is 22.1 Å². The molecule has 0 spiro atoms. The molecule has 6 nitrogen and oxygen atoms in total. The molecule has 0 aliphatic carbocycles. The number of carbonyl (C=O) groups is 1. The standard InChI is InChI=1S/C22H28BClFN2O4S/c1-13-10-15(12-30-14(2)28)19(24)18(11-13)27(29)26-17-9-7-8-16(20(17)25)23-31-21(3,4)22(5,6)32/h7-11,26,29,32H,12H2,1-6H3. The van der Waals surface area contributed by atoms with Crippen molar-refractivity contribution in [1.29, 1.82) is 0 Å². The fourth-order valence-corrected chi connectivity index (χ4v) is 2.81. The largest absolute Gasteiger partial charge is 0.461 e. The molecule has 0 saturated carbocycles. The van der Waals surface area contributed by atoms with Crippen molar-refractivity contribution in [3.8, 4) is 0 Å². The topological polar surface area (TPSA) is 71.0 Å². The first-order valence-electron chi connectivity index (χ1n) is 9.93. The minimum absolute atomic E-state index is 0.00639. The smallest absolute Gasteiger partial charge is 0.333 e. The summed E-state index contributed by atoms with van der Waals surface area (Å²) < 4.78 is 25.4. The van der Waals surface area contributed by atoms with Crippen molar-refractivity contribution in [2.24, 2.45) is 0 Å². The van der Waals surface area contributed by atoms with Crippen LogP contribution in [0.4, 0.5) is 15.8 Å². The highest BCUT2D eigenvalue weighted by Gasteiger charge is 2.35. The van der Waals surface area contributed by atoms with Gasteiger partial charge in [0.2, 0.25) is 0 Å². The van der Waals surface area contributed by atoms with Crippen LogP contribution in [0.5, 0.6) is 0 Å².